The minimum absolute atomic E-state index is 0.0708. The second kappa shape index (κ2) is 9.56. The third-order valence-electron chi connectivity index (χ3n) is 5.19. The number of aromatic amines is 1. The Balaban J connectivity index is 1.59. The number of carbonyl (C=O) groups excluding carboxylic acids is 2. The number of H-pyrrole nitrogens is 1. The molecule has 4 rings (SSSR count). The van der Waals surface area contributed by atoms with Crippen LogP contribution in [0.4, 0.5) is 0 Å². The molecule has 3 aromatic carbocycles. The molecule has 0 aliphatic rings. The van der Waals surface area contributed by atoms with Crippen molar-refractivity contribution in [3.63, 3.8) is 0 Å². The smallest absolute Gasteiger partial charge is 0.340 e. The third-order valence-corrected chi connectivity index (χ3v) is 5.19. The molecule has 0 bridgehead atoms. The number of ether oxygens (including phenoxy) is 3. The summed E-state index contributed by atoms with van der Waals surface area (Å²) >= 11 is 0. The predicted molar refractivity (Wildman–Crippen MR) is 124 cm³/mol. The number of para-hydroxylation sites is 1. The summed E-state index contributed by atoms with van der Waals surface area (Å²) in [5.74, 6) is 0.458. The zero-order chi connectivity index (χ0) is 23.4. The lowest BCUT2D eigenvalue weighted by Gasteiger charge is -2.15. The Morgan fingerprint density at radius 2 is 1.73 bits per heavy atom. The summed E-state index contributed by atoms with van der Waals surface area (Å²) in [5, 5.41) is 0. The average Bonchev–Trinajstić information content (AvgIpc) is 3.22. The first-order chi connectivity index (χ1) is 16.0. The number of carbonyl (C=O) groups is 2. The fourth-order valence-corrected chi connectivity index (χ4v) is 3.71. The van der Waals surface area contributed by atoms with Crippen LogP contribution >= 0.6 is 0 Å². The number of hydrogen-bond donors (Lipinski definition) is 1. The topological polar surface area (TPSA) is 90.5 Å². The molecule has 0 spiro atoms. The number of fused-ring (bicyclic) bond motifs is 1. The van der Waals surface area contributed by atoms with Crippen LogP contribution in [0.3, 0.4) is 0 Å². The number of imidazole rings is 1. The molecule has 0 atom stereocenters. The van der Waals surface area contributed by atoms with Gasteiger partial charge in [0.2, 0.25) is 0 Å². The monoisotopic (exact) mass is 444 g/mol. The number of esters is 2. The van der Waals surface area contributed by atoms with Gasteiger partial charge in [-0.25, -0.2) is 14.6 Å². The van der Waals surface area contributed by atoms with E-state index >= 15 is 0 Å². The number of aromatic nitrogens is 2. The molecule has 7 heteroatoms. The van der Waals surface area contributed by atoms with Crippen LogP contribution in [-0.4, -0.2) is 35.6 Å². The van der Waals surface area contributed by atoms with E-state index in [1.807, 2.05) is 50.2 Å². The van der Waals surface area contributed by atoms with Gasteiger partial charge in [0, 0.05) is 5.56 Å². The summed E-state index contributed by atoms with van der Waals surface area (Å²) in [6, 6.07) is 18.0. The Morgan fingerprint density at radius 1 is 0.939 bits per heavy atom. The van der Waals surface area contributed by atoms with Crippen LogP contribution in [0.5, 0.6) is 5.75 Å². The lowest BCUT2D eigenvalue weighted by atomic mass is 9.97. The number of rotatable bonds is 7. The third kappa shape index (κ3) is 4.57. The van der Waals surface area contributed by atoms with Crippen molar-refractivity contribution in [1.29, 1.82) is 0 Å². The fourth-order valence-electron chi connectivity index (χ4n) is 3.71. The number of benzene rings is 3. The summed E-state index contributed by atoms with van der Waals surface area (Å²) in [7, 11) is 1.35. The van der Waals surface area contributed by atoms with Crippen molar-refractivity contribution in [2.24, 2.45) is 0 Å². The molecule has 1 heterocycles. The van der Waals surface area contributed by atoms with E-state index in [0.29, 0.717) is 40.1 Å². The molecule has 4 aromatic rings. The van der Waals surface area contributed by atoms with E-state index in [-0.39, 0.29) is 6.61 Å². The van der Waals surface area contributed by atoms with Gasteiger partial charge in [0.15, 0.2) is 0 Å². The van der Waals surface area contributed by atoms with Gasteiger partial charge in [0.1, 0.15) is 18.2 Å². The molecular weight excluding hydrogens is 420 g/mol. The molecule has 7 nitrogen and oxygen atoms in total. The largest absolute Gasteiger partial charge is 0.493 e. The zero-order valence-corrected chi connectivity index (χ0v) is 18.7. The number of hydrogen-bond acceptors (Lipinski definition) is 6. The molecule has 0 unspecified atom stereocenters. The highest BCUT2D eigenvalue weighted by atomic mass is 16.5. The Kier molecular flexibility index (Phi) is 6.40. The minimum atomic E-state index is -0.442. The highest BCUT2D eigenvalue weighted by Gasteiger charge is 2.18. The molecule has 0 fully saturated rings. The van der Waals surface area contributed by atoms with Gasteiger partial charge in [0.25, 0.3) is 0 Å². The number of methoxy groups -OCH3 is 1. The van der Waals surface area contributed by atoms with Gasteiger partial charge in [-0.1, -0.05) is 36.4 Å². The first kappa shape index (κ1) is 22.1. The maximum atomic E-state index is 12.7. The van der Waals surface area contributed by atoms with Gasteiger partial charge < -0.3 is 19.2 Å². The van der Waals surface area contributed by atoms with Crippen molar-refractivity contribution in [2.45, 2.75) is 20.5 Å². The van der Waals surface area contributed by atoms with E-state index in [1.165, 1.54) is 7.11 Å². The van der Waals surface area contributed by atoms with Gasteiger partial charge in [-0.05, 0) is 49.2 Å². The van der Waals surface area contributed by atoms with Crippen molar-refractivity contribution in [3.8, 4) is 16.9 Å². The van der Waals surface area contributed by atoms with Gasteiger partial charge >= 0.3 is 11.9 Å². The van der Waals surface area contributed by atoms with Crippen molar-refractivity contribution < 1.29 is 23.8 Å². The van der Waals surface area contributed by atoms with E-state index in [4.69, 9.17) is 14.2 Å². The van der Waals surface area contributed by atoms with E-state index in [9.17, 15) is 9.59 Å². The SMILES string of the molecule is CCOc1cc(COC(=O)c2cccc3nc(C)[nH]c23)ccc1-c1ccccc1C(=O)OC. The van der Waals surface area contributed by atoms with Gasteiger partial charge in [-0.15, -0.1) is 0 Å². The molecule has 0 radical (unpaired) electrons. The minimum Gasteiger partial charge on any atom is -0.493 e. The second-order valence-electron chi connectivity index (χ2n) is 7.40. The summed E-state index contributed by atoms with van der Waals surface area (Å²) in [6.45, 7) is 4.24. The Morgan fingerprint density at radius 3 is 2.52 bits per heavy atom. The molecular formula is C26H24N2O5. The molecule has 0 amide bonds. The molecule has 33 heavy (non-hydrogen) atoms. The average molecular weight is 444 g/mol. The standard InChI is InChI=1S/C26H24N2O5/c1-4-32-23-14-17(12-13-19(23)18-8-5-6-9-20(18)25(29)31-3)15-33-26(30)21-10-7-11-22-24(21)28-16(2)27-22/h5-14H,4,15H2,1-3H3,(H,27,28). The highest BCUT2D eigenvalue weighted by molar-refractivity contribution is 6.02. The fraction of sp³-hybridized carbons (Fsp3) is 0.192. The van der Waals surface area contributed by atoms with Crippen molar-refractivity contribution in [1.82, 2.24) is 9.97 Å². The quantitative estimate of drug-likeness (QED) is 0.400. The van der Waals surface area contributed by atoms with Crippen LogP contribution in [-0.2, 0) is 16.1 Å². The molecule has 1 N–H and O–H groups in total. The van der Waals surface area contributed by atoms with Crippen LogP contribution in [0.2, 0.25) is 0 Å². The number of aryl methyl sites for hydroxylation is 1. The Bertz CT molecular complexity index is 1330. The van der Waals surface area contributed by atoms with Crippen molar-refractivity contribution >= 4 is 23.0 Å². The van der Waals surface area contributed by atoms with E-state index in [2.05, 4.69) is 9.97 Å². The lowest BCUT2D eigenvalue weighted by molar-refractivity contribution is 0.0474. The van der Waals surface area contributed by atoms with Crippen molar-refractivity contribution in [2.75, 3.05) is 13.7 Å². The van der Waals surface area contributed by atoms with Crippen LogP contribution in [0, 0.1) is 6.92 Å². The van der Waals surface area contributed by atoms with Crippen LogP contribution in [0.15, 0.2) is 60.7 Å². The summed E-state index contributed by atoms with van der Waals surface area (Å²) < 4.78 is 16.3. The normalized spacial score (nSPS) is 10.8. The predicted octanol–water partition coefficient (Wildman–Crippen LogP) is 5.08. The van der Waals surface area contributed by atoms with Crippen LogP contribution < -0.4 is 4.74 Å². The molecule has 0 saturated carbocycles. The summed E-state index contributed by atoms with van der Waals surface area (Å²) in [4.78, 5) is 32.4. The van der Waals surface area contributed by atoms with E-state index in [0.717, 1.165) is 17.0 Å². The molecule has 168 valence electrons. The Hall–Kier alpha value is -4.13. The van der Waals surface area contributed by atoms with Crippen LogP contribution in [0.1, 0.15) is 39.0 Å². The first-order valence-corrected chi connectivity index (χ1v) is 10.6. The molecule has 0 aliphatic heterocycles. The number of nitrogens with one attached hydrogen (secondary N) is 1. The Labute approximate surface area is 191 Å². The van der Waals surface area contributed by atoms with Gasteiger partial charge in [0.05, 0.1) is 35.9 Å². The van der Waals surface area contributed by atoms with E-state index in [1.54, 1.807) is 24.3 Å². The summed E-state index contributed by atoms with van der Waals surface area (Å²) in [6.07, 6.45) is 0. The van der Waals surface area contributed by atoms with Gasteiger partial charge in [-0.2, -0.15) is 0 Å². The maximum absolute atomic E-state index is 12.7. The molecule has 1 aromatic heterocycles. The lowest BCUT2D eigenvalue weighted by Crippen LogP contribution is -2.07. The zero-order valence-electron chi connectivity index (χ0n) is 18.7. The van der Waals surface area contributed by atoms with Crippen molar-refractivity contribution in [3.05, 3.63) is 83.2 Å². The maximum Gasteiger partial charge on any atom is 0.340 e. The molecule has 0 aliphatic carbocycles. The second-order valence-corrected chi connectivity index (χ2v) is 7.40. The first-order valence-electron chi connectivity index (χ1n) is 10.6. The highest BCUT2D eigenvalue weighted by Crippen LogP contribution is 2.34. The van der Waals surface area contributed by atoms with Crippen LogP contribution in [0.25, 0.3) is 22.2 Å². The number of nitrogens with zero attached hydrogens (tertiary/aromatic N) is 1. The summed E-state index contributed by atoms with van der Waals surface area (Å²) in [5.41, 5.74) is 4.48. The molecule has 0 saturated heterocycles. The van der Waals surface area contributed by atoms with E-state index < -0.39 is 11.9 Å². The van der Waals surface area contributed by atoms with Gasteiger partial charge in [-0.3, -0.25) is 0 Å².